The number of nitrogens with zero attached hydrogens (tertiary/aromatic N) is 4. The Kier molecular flexibility index (Phi) is 11.8. The lowest BCUT2D eigenvalue weighted by Gasteiger charge is -2.36. The Morgan fingerprint density at radius 2 is 1.69 bits per heavy atom. The highest BCUT2D eigenvalue weighted by atomic mass is 32.2. The lowest BCUT2D eigenvalue weighted by atomic mass is 9.83. The van der Waals surface area contributed by atoms with Crippen LogP contribution in [0.15, 0.2) is 17.0 Å². The van der Waals surface area contributed by atoms with Crippen LogP contribution in [-0.4, -0.2) is 112 Å². The first-order valence-electron chi connectivity index (χ1n) is 13.6. The molecule has 1 aliphatic carbocycles. The van der Waals surface area contributed by atoms with Crippen molar-refractivity contribution in [3.63, 3.8) is 0 Å². The second-order valence-electron chi connectivity index (χ2n) is 10.7. The number of methoxy groups -OCH3 is 1. The topological polar surface area (TPSA) is 48.5 Å². The van der Waals surface area contributed by atoms with Gasteiger partial charge in [-0.05, 0) is 108 Å². The first-order chi connectivity index (χ1) is 17.3. The van der Waals surface area contributed by atoms with Crippen LogP contribution in [0.4, 0.5) is 0 Å². The minimum Gasteiger partial charge on any atom is -0.497 e. The molecule has 0 N–H and O–H groups in total. The van der Waals surface area contributed by atoms with Crippen molar-refractivity contribution < 1.29 is 14.3 Å². The lowest BCUT2D eigenvalue weighted by molar-refractivity contribution is -0.137. The molecule has 1 saturated heterocycles. The van der Waals surface area contributed by atoms with Crippen LogP contribution >= 0.6 is 11.9 Å². The number of hydrogen-bond acceptors (Lipinski definition) is 7. The molecule has 2 aliphatic rings. The minimum atomic E-state index is 0.105. The average Bonchev–Trinajstić information content (AvgIpc) is 2.88. The number of carbonyl (C=O) groups is 1. The Hall–Kier alpha value is -1.32. The van der Waals surface area contributed by atoms with Crippen LogP contribution in [0.25, 0.3) is 0 Å². The maximum absolute atomic E-state index is 12.7. The van der Waals surface area contributed by atoms with Crippen LogP contribution in [-0.2, 0) is 9.53 Å². The smallest absolute Gasteiger partial charge is 0.248 e. The zero-order chi connectivity index (χ0) is 26.1. The molecule has 204 valence electrons. The fraction of sp³-hybridized carbons (Fsp3) is 0.750. The SMILES string of the molecule is COc1cc(C)c(SN(C)CCOCC(=O)N(C)[C@H]2CC[C@@H](CCN3CCN(C)CC3)CC2)c(C)c1. The van der Waals surface area contributed by atoms with Crippen molar-refractivity contribution in [3.8, 4) is 5.75 Å². The standard InChI is InChI=1S/C28H48N4O3S/c1-22-19-26(34-6)20-23(2)28(22)36-30(4)17-18-35-21-27(33)31(5)25-9-7-24(8-10-25)11-12-32-15-13-29(3)14-16-32/h19-20,24-25H,7-18,21H2,1-6H3/t24-,25+. The Morgan fingerprint density at radius 3 is 2.31 bits per heavy atom. The number of hydrogen-bond donors (Lipinski definition) is 0. The number of likely N-dealkylation sites (N-methyl/N-ethyl adjacent to an activating group) is 3. The Bertz CT molecular complexity index is 800. The van der Waals surface area contributed by atoms with E-state index in [0.29, 0.717) is 12.6 Å². The Morgan fingerprint density at radius 1 is 1.06 bits per heavy atom. The van der Waals surface area contributed by atoms with Gasteiger partial charge in [-0.3, -0.25) is 4.79 Å². The third-order valence-electron chi connectivity index (χ3n) is 7.90. The molecule has 1 aromatic carbocycles. The number of piperazine rings is 1. The van der Waals surface area contributed by atoms with Gasteiger partial charge in [0.15, 0.2) is 0 Å². The van der Waals surface area contributed by atoms with E-state index in [-0.39, 0.29) is 12.5 Å². The molecule has 1 saturated carbocycles. The summed E-state index contributed by atoms with van der Waals surface area (Å²) in [5.74, 6) is 1.81. The molecule has 0 bridgehead atoms. The van der Waals surface area contributed by atoms with Crippen molar-refractivity contribution >= 4 is 17.9 Å². The normalized spacial score (nSPS) is 21.6. The monoisotopic (exact) mass is 520 g/mol. The van der Waals surface area contributed by atoms with Gasteiger partial charge in [0.2, 0.25) is 5.91 Å². The highest BCUT2D eigenvalue weighted by molar-refractivity contribution is 7.97. The molecular formula is C28H48N4O3S. The van der Waals surface area contributed by atoms with Crippen LogP contribution in [0, 0.1) is 19.8 Å². The predicted octanol–water partition coefficient (Wildman–Crippen LogP) is 3.92. The number of ether oxygens (including phenoxy) is 2. The van der Waals surface area contributed by atoms with Crippen LogP contribution in [0.3, 0.4) is 0 Å². The van der Waals surface area contributed by atoms with Gasteiger partial charge >= 0.3 is 0 Å². The van der Waals surface area contributed by atoms with E-state index >= 15 is 0 Å². The van der Waals surface area contributed by atoms with Gasteiger partial charge in [0.1, 0.15) is 12.4 Å². The summed E-state index contributed by atoms with van der Waals surface area (Å²) >= 11 is 1.71. The quantitative estimate of drug-likeness (QED) is 0.306. The molecule has 3 rings (SSSR count). The molecule has 1 aromatic rings. The fourth-order valence-electron chi connectivity index (χ4n) is 5.29. The number of carbonyl (C=O) groups excluding carboxylic acids is 1. The van der Waals surface area contributed by atoms with Crippen LogP contribution in [0.5, 0.6) is 5.75 Å². The van der Waals surface area contributed by atoms with Crippen LogP contribution < -0.4 is 4.74 Å². The van der Waals surface area contributed by atoms with Crippen molar-refractivity contribution in [2.45, 2.75) is 56.9 Å². The first-order valence-corrected chi connectivity index (χ1v) is 14.3. The van der Waals surface area contributed by atoms with E-state index in [4.69, 9.17) is 9.47 Å². The van der Waals surface area contributed by atoms with Crippen molar-refractivity contribution in [3.05, 3.63) is 23.3 Å². The fourth-order valence-corrected chi connectivity index (χ4v) is 6.17. The zero-order valence-electron chi connectivity index (χ0n) is 23.4. The van der Waals surface area contributed by atoms with Gasteiger partial charge in [0, 0.05) is 50.7 Å². The first kappa shape index (κ1) is 29.2. The van der Waals surface area contributed by atoms with Gasteiger partial charge in [-0.15, -0.1) is 0 Å². The summed E-state index contributed by atoms with van der Waals surface area (Å²) in [7, 11) is 7.93. The summed E-state index contributed by atoms with van der Waals surface area (Å²) in [6.07, 6.45) is 6.02. The van der Waals surface area contributed by atoms with Crippen LogP contribution in [0.2, 0.25) is 0 Å². The number of benzene rings is 1. The molecule has 0 spiro atoms. The molecule has 2 fully saturated rings. The molecule has 36 heavy (non-hydrogen) atoms. The predicted molar refractivity (Wildman–Crippen MR) is 149 cm³/mol. The maximum Gasteiger partial charge on any atom is 0.248 e. The van der Waals surface area contributed by atoms with Gasteiger partial charge in [0.05, 0.1) is 13.7 Å². The van der Waals surface area contributed by atoms with E-state index in [1.807, 2.05) is 11.9 Å². The molecule has 0 aromatic heterocycles. The summed E-state index contributed by atoms with van der Waals surface area (Å²) in [5.41, 5.74) is 2.41. The van der Waals surface area contributed by atoms with E-state index in [9.17, 15) is 4.79 Å². The summed E-state index contributed by atoms with van der Waals surface area (Å²) in [4.78, 5) is 21.0. The van der Waals surface area contributed by atoms with Gasteiger partial charge in [-0.1, -0.05) is 0 Å². The van der Waals surface area contributed by atoms with Gasteiger partial charge in [-0.25, -0.2) is 4.31 Å². The zero-order valence-corrected chi connectivity index (χ0v) is 24.2. The molecule has 1 amide bonds. The largest absolute Gasteiger partial charge is 0.497 e. The highest BCUT2D eigenvalue weighted by Gasteiger charge is 2.27. The van der Waals surface area contributed by atoms with Crippen molar-refractivity contribution in [2.24, 2.45) is 5.92 Å². The van der Waals surface area contributed by atoms with E-state index in [1.54, 1.807) is 19.1 Å². The van der Waals surface area contributed by atoms with Gasteiger partial charge in [-0.2, -0.15) is 0 Å². The molecule has 0 radical (unpaired) electrons. The average molecular weight is 521 g/mol. The molecule has 1 heterocycles. The van der Waals surface area contributed by atoms with E-state index in [1.165, 1.54) is 68.0 Å². The lowest BCUT2D eigenvalue weighted by Crippen LogP contribution is -2.45. The summed E-state index contributed by atoms with van der Waals surface area (Å²) in [5, 5.41) is 0. The summed E-state index contributed by atoms with van der Waals surface area (Å²) in [6.45, 7) is 11.7. The number of rotatable bonds is 12. The van der Waals surface area contributed by atoms with Crippen molar-refractivity contribution in [1.29, 1.82) is 0 Å². The Labute approximate surface area is 223 Å². The second-order valence-corrected chi connectivity index (χ2v) is 11.9. The summed E-state index contributed by atoms with van der Waals surface area (Å²) in [6, 6.07) is 4.49. The van der Waals surface area contributed by atoms with Gasteiger partial charge < -0.3 is 24.2 Å². The molecule has 7 nitrogen and oxygen atoms in total. The van der Waals surface area contributed by atoms with Crippen molar-refractivity contribution in [1.82, 2.24) is 19.0 Å². The third-order valence-corrected chi connectivity index (χ3v) is 9.22. The molecule has 0 unspecified atom stereocenters. The highest BCUT2D eigenvalue weighted by Crippen LogP contribution is 2.32. The minimum absolute atomic E-state index is 0.105. The van der Waals surface area contributed by atoms with E-state index < -0.39 is 0 Å². The molecular weight excluding hydrogens is 472 g/mol. The maximum atomic E-state index is 12.7. The van der Waals surface area contributed by atoms with E-state index in [2.05, 4.69) is 54.2 Å². The third kappa shape index (κ3) is 8.91. The van der Waals surface area contributed by atoms with Gasteiger partial charge in [0.25, 0.3) is 0 Å². The Balaban J connectivity index is 1.29. The molecule has 1 aliphatic heterocycles. The summed E-state index contributed by atoms with van der Waals surface area (Å²) < 4.78 is 13.3. The second kappa shape index (κ2) is 14.6. The van der Waals surface area contributed by atoms with Crippen molar-refractivity contribution in [2.75, 3.05) is 80.7 Å². The van der Waals surface area contributed by atoms with E-state index in [0.717, 1.165) is 31.1 Å². The molecule has 0 atom stereocenters. The number of amides is 1. The van der Waals surface area contributed by atoms with Crippen LogP contribution in [0.1, 0.15) is 43.2 Å². The number of aryl methyl sites for hydroxylation is 2. The molecule has 8 heteroatoms.